The van der Waals surface area contributed by atoms with E-state index in [-0.39, 0.29) is 18.0 Å². The second-order valence-corrected chi connectivity index (χ2v) is 6.71. The number of aryl methyl sites for hydroxylation is 2. The number of pyridine rings is 1. The summed E-state index contributed by atoms with van der Waals surface area (Å²) in [5, 5.41) is 4.47. The van der Waals surface area contributed by atoms with Gasteiger partial charge in [0.1, 0.15) is 6.54 Å². The highest BCUT2D eigenvalue weighted by molar-refractivity contribution is 6.42. The van der Waals surface area contributed by atoms with Gasteiger partial charge in [-0.05, 0) is 43.2 Å². The highest BCUT2D eigenvalue weighted by Crippen LogP contribution is 2.25. The summed E-state index contributed by atoms with van der Waals surface area (Å²) >= 11 is 11.8. The van der Waals surface area contributed by atoms with Gasteiger partial charge in [-0.25, -0.2) is 0 Å². The molecule has 1 heterocycles. The lowest BCUT2D eigenvalue weighted by Crippen LogP contribution is -2.28. The summed E-state index contributed by atoms with van der Waals surface area (Å²) in [7, 11) is 0. The lowest BCUT2D eigenvalue weighted by atomic mass is 10.1. The number of para-hydroxylation sites is 1. The quantitative estimate of drug-likeness (QED) is 0.730. The molecule has 0 unspecified atom stereocenters. The molecule has 0 bridgehead atoms. The van der Waals surface area contributed by atoms with Crippen LogP contribution >= 0.6 is 23.2 Å². The summed E-state index contributed by atoms with van der Waals surface area (Å²) < 4.78 is 1.49. The minimum absolute atomic E-state index is 0.0826. The first-order valence-corrected chi connectivity index (χ1v) is 8.47. The van der Waals surface area contributed by atoms with Gasteiger partial charge in [-0.2, -0.15) is 0 Å². The summed E-state index contributed by atoms with van der Waals surface area (Å²) in [5.74, 6) is -0.311. The number of carbonyl (C=O) groups is 1. The van der Waals surface area contributed by atoms with Crippen LogP contribution in [0, 0.1) is 13.8 Å². The Hall–Kier alpha value is -2.30. The number of amides is 1. The Morgan fingerprint density at radius 2 is 1.80 bits per heavy atom. The van der Waals surface area contributed by atoms with Crippen LogP contribution < -0.4 is 10.9 Å². The molecule has 0 aliphatic rings. The van der Waals surface area contributed by atoms with Gasteiger partial charge in [0.2, 0.25) is 5.91 Å². The molecule has 3 rings (SSSR count). The van der Waals surface area contributed by atoms with Crippen LogP contribution in [0.3, 0.4) is 0 Å². The van der Waals surface area contributed by atoms with Gasteiger partial charge >= 0.3 is 0 Å². The molecular formula is C19H16Cl2N2O2. The van der Waals surface area contributed by atoms with E-state index in [0.29, 0.717) is 15.7 Å². The van der Waals surface area contributed by atoms with Crippen molar-refractivity contribution >= 4 is 45.7 Å². The average Bonchev–Trinajstić information content (AvgIpc) is 2.55. The second-order valence-electron chi connectivity index (χ2n) is 5.90. The third-order valence-corrected chi connectivity index (χ3v) is 4.78. The SMILES string of the molecule is Cc1cc(=O)n(CC(=O)Nc2ccc(Cl)c(Cl)c2)c2c(C)cccc12. The molecule has 1 N–H and O–H groups in total. The molecule has 2 aromatic carbocycles. The van der Waals surface area contributed by atoms with Crippen molar-refractivity contribution in [1.29, 1.82) is 0 Å². The number of anilines is 1. The van der Waals surface area contributed by atoms with Crippen LogP contribution in [-0.4, -0.2) is 10.5 Å². The van der Waals surface area contributed by atoms with Crippen LogP contribution in [-0.2, 0) is 11.3 Å². The molecule has 3 aromatic rings. The molecule has 0 atom stereocenters. The van der Waals surface area contributed by atoms with E-state index >= 15 is 0 Å². The predicted molar refractivity (Wildman–Crippen MR) is 103 cm³/mol. The van der Waals surface area contributed by atoms with Crippen molar-refractivity contribution in [3.8, 4) is 0 Å². The minimum Gasteiger partial charge on any atom is -0.324 e. The molecular weight excluding hydrogens is 359 g/mol. The van der Waals surface area contributed by atoms with Gasteiger partial charge in [0.15, 0.2) is 0 Å². The number of benzene rings is 2. The van der Waals surface area contributed by atoms with Crippen molar-refractivity contribution in [3.05, 3.63) is 74.0 Å². The van der Waals surface area contributed by atoms with Crippen LogP contribution in [0.1, 0.15) is 11.1 Å². The van der Waals surface area contributed by atoms with E-state index in [1.807, 2.05) is 32.0 Å². The van der Waals surface area contributed by atoms with Gasteiger partial charge in [-0.15, -0.1) is 0 Å². The molecule has 0 spiro atoms. The Morgan fingerprint density at radius 1 is 1.04 bits per heavy atom. The first kappa shape index (κ1) is 17.5. The molecule has 6 heteroatoms. The molecule has 1 amide bonds. The third-order valence-electron chi connectivity index (χ3n) is 4.04. The number of aromatic nitrogens is 1. The first-order chi connectivity index (χ1) is 11.9. The number of halogens is 2. The molecule has 0 saturated carbocycles. The lowest BCUT2D eigenvalue weighted by Gasteiger charge is -2.14. The van der Waals surface area contributed by atoms with E-state index in [9.17, 15) is 9.59 Å². The van der Waals surface area contributed by atoms with Crippen LogP contribution in [0.2, 0.25) is 10.0 Å². The van der Waals surface area contributed by atoms with Gasteiger partial charge < -0.3 is 5.32 Å². The van der Waals surface area contributed by atoms with Gasteiger partial charge in [0, 0.05) is 17.1 Å². The summed E-state index contributed by atoms with van der Waals surface area (Å²) in [4.78, 5) is 24.9. The van der Waals surface area contributed by atoms with Crippen molar-refractivity contribution in [2.24, 2.45) is 0 Å². The maximum atomic E-state index is 12.4. The molecule has 0 aliphatic heterocycles. The molecule has 0 aliphatic carbocycles. The number of fused-ring (bicyclic) bond motifs is 1. The van der Waals surface area contributed by atoms with Crippen LogP contribution in [0.15, 0.2) is 47.3 Å². The van der Waals surface area contributed by atoms with Gasteiger partial charge in [-0.3, -0.25) is 14.2 Å². The zero-order chi connectivity index (χ0) is 18.1. The topological polar surface area (TPSA) is 51.1 Å². The van der Waals surface area contributed by atoms with E-state index in [0.717, 1.165) is 22.0 Å². The number of hydrogen-bond acceptors (Lipinski definition) is 2. The predicted octanol–water partition coefficient (Wildman–Crippen LogP) is 4.56. The second kappa shape index (κ2) is 6.90. The Bertz CT molecular complexity index is 1040. The van der Waals surface area contributed by atoms with E-state index in [4.69, 9.17) is 23.2 Å². The lowest BCUT2D eigenvalue weighted by molar-refractivity contribution is -0.116. The first-order valence-electron chi connectivity index (χ1n) is 7.71. The van der Waals surface area contributed by atoms with Crippen LogP contribution in [0.4, 0.5) is 5.69 Å². The fraction of sp³-hybridized carbons (Fsp3) is 0.158. The van der Waals surface area contributed by atoms with E-state index in [2.05, 4.69) is 5.32 Å². The van der Waals surface area contributed by atoms with E-state index in [1.165, 1.54) is 4.57 Å². The van der Waals surface area contributed by atoms with Crippen molar-refractivity contribution in [1.82, 2.24) is 4.57 Å². The summed E-state index contributed by atoms with van der Waals surface area (Å²) in [6.07, 6.45) is 0. The monoisotopic (exact) mass is 374 g/mol. The molecule has 0 saturated heterocycles. The Morgan fingerprint density at radius 3 is 2.52 bits per heavy atom. The van der Waals surface area contributed by atoms with Crippen molar-refractivity contribution in [2.45, 2.75) is 20.4 Å². The minimum atomic E-state index is -0.311. The maximum absolute atomic E-state index is 12.4. The highest BCUT2D eigenvalue weighted by atomic mass is 35.5. The zero-order valence-electron chi connectivity index (χ0n) is 13.8. The number of rotatable bonds is 3. The fourth-order valence-corrected chi connectivity index (χ4v) is 3.16. The highest BCUT2D eigenvalue weighted by Gasteiger charge is 2.12. The Labute approximate surface area is 155 Å². The Kier molecular flexibility index (Phi) is 4.84. The number of hydrogen-bond donors (Lipinski definition) is 1. The summed E-state index contributed by atoms with van der Waals surface area (Å²) in [5.41, 5.74) is 2.94. The molecule has 128 valence electrons. The fourth-order valence-electron chi connectivity index (χ4n) is 2.86. The smallest absolute Gasteiger partial charge is 0.251 e. The maximum Gasteiger partial charge on any atom is 0.251 e. The zero-order valence-corrected chi connectivity index (χ0v) is 15.3. The van der Waals surface area contributed by atoms with E-state index < -0.39 is 0 Å². The molecule has 0 radical (unpaired) electrons. The normalized spacial score (nSPS) is 10.9. The number of carbonyl (C=O) groups excluding carboxylic acids is 1. The molecule has 4 nitrogen and oxygen atoms in total. The van der Waals surface area contributed by atoms with Gasteiger partial charge in [0.25, 0.3) is 5.56 Å². The molecule has 0 fully saturated rings. The van der Waals surface area contributed by atoms with Gasteiger partial charge in [-0.1, -0.05) is 41.4 Å². The summed E-state index contributed by atoms with van der Waals surface area (Å²) in [6.45, 7) is 3.73. The third kappa shape index (κ3) is 3.55. The van der Waals surface area contributed by atoms with Crippen molar-refractivity contribution in [2.75, 3.05) is 5.32 Å². The van der Waals surface area contributed by atoms with Crippen molar-refractivity contribution < 1.29 is 4.79 Å². The standard InChI is InChI=1S/C19H16Cl2N2O2/c1-11-4-3-5-14-12(2)8-18(25)23(19(11)14)10-17(24)22-13-6-7-15(20)16(21)9-13/h3-9H,10H2,1-2H3,(H,22,24). The van der Waals surface area contributed by atoms with Crippen LogP contribution in [0.25, 0.3) is 10.9 Å². The van der Waals surface area contributed by atoms with Gasteiger partial charge in [0.05, 0.1) is 15.6 Å². The molecule has 25 heavy (non-hydrogen) atoms. The van der Waals surface area contributed by atoms with E-state index in [1.54, 1.807) is 24.3 Å². The molecule has 1 aromatic heterocycles. The van der Waals surface area contributed by atoms with Crippen LogP contribution in [0.5, 0.6) is 0 Å². The number of nitrogens with one attached hydrogen (secondary N) is 1. The largest absolute Gasteiger partial charge is 0.324 e. The Balaban J connectivity index is 1.96. The average molecular weight is 375 g/mol. The number of nitrogens with zero attached hydrogens (tertiary/aromatic N) is 1. The van der Waals surface area contributed by atoms with Crippen molar-refractivity contribution in [3.63, 3.8) is 0 Å². The summed E-state index contributed by atoms with van der Waals surface area (Å²) in [6, 6.07) is 12.2.